The second-order valence-corrected chi connectivity index (χ2v) is 9.05. The lowest BCUT2D eigenvalue weighted by Crippen LogP contribution is -2.40. The number of benzene rings is 1. The van der Waals surface area contributed by atoms with E-state index in [1.807, 2.05) is 0 Å². The van der Waals surface area contributed by atoms with E-state index in [9.17, 15) is 13.2 Å². The molecular weight excluding hydrogens is 372 g/mol. The van der Waals surface area contributed by atoms with Crippen molar-refractivity contribution in [1.82, 2.24) is 9.88 Å². The molecule has 0 unspecified atom stereocenters. The van der Waals surface area contributed by atoms with Gasteiger partial charge in [-0.25, -0.2) is 13.4 Å². The number of hydrogen-bond donors (Lipinski definition) is 1. The molecule has 0 spiro atoms. The van der Waals surface area contributed by atoms with Gasteiger partial charge in [-0.15, -0.1) is 11.3 Å². The third-order valence-corrected chi connectivity index (χ3v) is 7.04. The Morgan fingerprint density at radius 2 is 1.85 bits per heavy atom. The number of carbonyl (C=O) groups excluding carboxylic acids is 1. The number of nitrogens with one attached hydrogen (secondary N) is 1. The van der Waals surface area contributed by atoms with Crippen molar-refractivity contribution < 1.29 is 13.2 Å². The van der Waals surface area contributed by atoms with Crippen molar-refractivity contribution in [2.45, 2.75) is 30.2 Å². The molecule has 0 aliphatic carbocycles. The molecule has 0 saturated carbocycles. The maximum absolute atomic E-state index is 12.7. The average molecular weight is 393 g/mol. The number of anilines is 2. The Morgan fingerprint density at radius 1 is 1.12 bits per heavy atom. The summed E-state index contributed by atoms with van der Waals surface area (Å²) in [7, 11) is -3.67. The Labute approximate surface area is 156 Å². The zero-order valence-electron chi connectivity index (χ0n) is 14.2. The standard InChI is InChI=1S/C17H20N4O3S2/c22-16-15(20-9-1-2-10-20)7-11-21(16)13-3-5-14(6-4-13)26(23,24)19-17-18-8-12-25-17/h3-6,8,12,15H,1-2,7,9-11H2,(H,18,19)/t15-/m1/s1. The largest absolute Gasteiger partial charge is 0.311 e. The van der Waals surface area contributed by atoms with Gasteiger partial charge in [-0.3, -0.25) is 14.4 Å². The molecule has 2 aromatic rings. The highest BCUT2D eigenvalue weighted by Crippen LogP contribution is 2.28. The number of amides is 1. The minimum atomic E-state index is -3.67. The number of rotatable bonds is 5. The van der Waals surface area contributed by atoms with Crippen LogP contribution in [0.2, 0.25) is 0 Å². The molecule has 7 nitrogen and oxygen atoms in total. The Hall–Kier alpha value is -1.97. The van der Waals surface area contributed by atoms with Crippen LogP contribution >= 0.6 is 11.3 Å². The van der Waals surface area contributed by atoms with E-state index in [1.54, 1.807) is 28.6 Å². The summed E-state index contributed by atoms with van der Waals surface area (Å²) in [4.78, 5) is 20.8. The smallest absolute Gasteiger partial charge is 0.263 e. The predicted octanol–water partition coefficient (Wildman–Crippen LogP) is 2.15. The number of sulfonamides is 1. The van der Waals surface area contributed by atoms with Crippen LogP contribution in [0.4, 0.5) is 10.8 Å². The van der Waals surface area contributed by atoms with E-state index in [2.05, 4.69) is 14.6 Å². The van der Waals surface area contributed by atoms with Gasteiger partial charge in [0, 0.05) is 23.8 Å². The second-order valence-electron chi connectivity index (χ2n) is 6.47. The molecule has 3 heterocycles. The number of thiazole rings is 1. The quantitative estimate of drug-likeness (QED) is 0.843. The maximum atomic E-state index is 12.7. The first-order chi connectivity index (χ1) is 12.5. The van der Waals surface area contributed by atoms with Crippen LogP contribution in [0.3, 0.4) is 0 Å². The summed E-state index contributed by atoms with van der Waals surface area (Å²) in [5.74, 6) is 0.114. The predicted molar refractivity (Wildman–Crippen MR) is 101 cm³/mol. The van der Waals surface area contributed by atoms with Crippen LogP contribution in [0.1, 0.15) is 19.3 Å². The first-order valence-electron chi connectivity index (χ1n) is 8.62. The van der Waals surface area contributed by atoms with Crippen LogP contribution in [0.15, 0.2) is 40.7 Å². The fraction of sp³-hybridized carbons (Fsp3) is 0.412. The fourth-order valence-electron chi connectivity index (χ4n) is 3.57. The van der Waals surface area contributed by atoms with E-state index < -0.39 is 10.0 Å². The van der Waals surface area contributed by atoms with Crippen molar-refractivity contribution in [2.75, 3.05) is 29.3 Å². The normalized spacial score (nSPS) is 21.5. The van der Waals surface area contributed by atoms with E-state index in [0.717, 1.165) is 38.0 Å². The first-order valence-corrected chi connectivity index (χ1v) is 11.0. The van der Waals surface area contributed by atoms with Gasteiger partial charge in [0.25, 0.3) is 10.0 Å². The van der Waals surface area contributed by atoms with Gasteiger partial charge in [0.1, 0.15) is 0 Å². The summed E-state index contributed by atoms with van der Waals surface area (Å²) in [5, 5.41) is 2.04. The van der Waals surface area contributed by atoms with Crippen LogP contribution < -0.4 is 9.62 Å². The summed E-state index contributed by atoms with van der Waals surface area (Å²) < 4.78 is 27.2. The highest BCUT2D eigenvalue weighted by atomic mass is 32.2. The molecule has 0 radical (unpaired) electrons. The van der Waals surface area contributed by atoms with Crippen LogP contribution in [0.25, 0.3) is 0 Å². The molecule has 1 amide bonds. The number of aromatic nitrogens is 1. The molecule has 2 aliphatic rings. The SMILES string of the molecule is O=C1[C@H](N2CCCC2)CCN1c1ccc(S(=O)(=O)Nc2nccs2)cc1. The zero-order chi connectivity index (χ0) is 18.1. The van der Waals surface area contributed by atoms with E-state index in [0.29, 0.717) is 11.7 Å². The minimum absolute atomic E-state index is 0.0347. The second kappa shape index (κ2) is 6.98. The van der Waals surface area contributed by atoms with Gasteiger partial charge >= 0.3 is 0 Å². The Balaban J connectivity index is 1.48. The van der Waals surface area contributed by atoms with E-state index in [1.165, 1.54) is 23.5 Å². The molecule has 2 fully saturated rings. The Morgan fingerprint density at radius 3 is 2.50 bits per heavy atom. The molecule has 1 N–H and O–H groups in total. The van der Waals surface area contributed by atoms with Crippen LogP contribution in [-0.2, 0) is 14.8 Å². The summed E-state index contributed by atoms with van der Waals surface area (Å²) >= 11 is 1.22. The summed E-state index contributed by atoms with van der Waals surface area (Å²) in [6.45, 7) is 2.65. The van der Waals surface area contributed by atoms with Gasteiger partial charge in [-0.05, 0) is 56.6 Å². The van der Waals surface area contributed by atoms with Gasteiger partial charge in [0.05, 0.1) is 10.9 Å². The van der Waals surface area contributed by atoms with Gasteiger partial charge in [-0.2, -0.15) is 0 Å². The van der Waals surface area contributed by atoms with Crippen LogP contribution in [0.5, 0.6) is 0 Å². The third kappa shape index (κ3) is 3.34. The third-order valence-electron chi connectivity index (χ3n) is 4.87. The van der Waals surface area contributed by atoms with Gasteiger partial charge in [0.15, 0.2) is 5.13 Å². The minimum Gasteiger partial charge on any atom is -0.311 e. The summed E-state index contributed by atoms with van der Waals surface area (Å²) in [5.41, 5.74) is 0.741. The van der Waals surface area contributed by atoms with Gasteiger partial charge in [-0.1, -0.05) is 0 Å². The molecule has 2 aliphatic heterocycles. The van der Waals surface area contributed by atoms with Crippen molar-refractivity contribution in [3.8, 4) is 0 Å². The molecule has 9 heteroatoms. The maximum Gasteiger partial charge on any atom is 0.263 e. The van der Waals surface area contributed by atoms with Crippen molar-refractivity contribution in [2.24, 2.45) is 0 Å². The molecule has 1 atom stereocenters. The molecule has 138 valence electrons. The molecule has 4 rings (SSSR count). The first kappa shape index (κ1) is 17.4. The number of nitrogens with zero attached hydrogens (tertiary/aromatic N) is 3. The van der Waals surface area contributed by atoms with Gasteiger partial charge in [0.2, 0.25) is 5.91 Å². The van der Waals surface area contributed by atoms with Gasteiger partial charge < -0.3 is 4.90 Å². The summed E-state index contributed by atoms with van der Waals surface area (Å²) in [6, 6.07) is 6.41. The van der Waals surface area contributed by atoms with Crippen molar-refractivity contribution in [1.29, 1.82) is 0 Å². The van der Waals surface area contributed by atoms with E-state index >= 15 is 0 Å². The molecule has 0 bridgehead atoms. The number of carbonyl (C=O) groups is 1. The monoisotopic (exact) mass is 392 g/mol. The fourth-order valence-corrected chi connectivity index (χ4v) is 5.35. The van der Waals surface area contributed by atoms with Crippen molar-refractivity contribution in [3.05, 3.63) is 35.8 Å². The topological polar surface area (TPSA) is 82.6 Å². The lowest BCUT2D eigenvalue weighted by Gasteiger charge is -2.22. The lowest BCUT2D eigenvalue weighted by atomic mass is 10.2. The highest BCUT2D eigenvalue weighted by Gasteiger charge is 2.37. The van der Waals surface area contributed by atoms with Crippen molar-refractivity contribution in [3.63, 3.8) is 0 Å². The molecule has 1 aromatic heterocycles. The number of likely N-dealkylation sites (tertiary alicyclic amines) is 1. The molecular formula is C17H20N4O3S2. The molecule has 1 aromatic carbocycles. The average Bonchev–Trinajstić information content (AvgIpc) is 3.36. The Kier molecular flexibility index (Phi) is 4.68. The number of hydrogen-bond acceptors (Lipinski definition) is 6. The van der Waals surface area contributed by atoms with E-state index in [-0.39, 0.29) is 16.8 Å². The molecule has 26 heavy (non-hydrogen) atoms. The Bertz CT molecular complexity index is 875. The van der Waals surface area contributed by atoms with Crippen LogP contribution in [-0.4, -0.2) is 49.9 Å². The zero-order valence-corrected chi connectivity index (χ0v) is 15.8. The lowest BCUT2D eigenvalue weighted by molar-refractivity contribution is -0.121. The summed E-state index contributed by atoms with van der Waals surface area (Å²) in [6.07, 6.45) is 4.68. The van der Waals surface area contributed by atoms with E-state index in [4.69, 9.17) is 0 Å². The van der Waals surface area contributed by atoms with Crippen molar-refractivity contribution >= 4 is 38.1 Å². The molecule has 2 saturated heterocycles. The highest BCUT2D eigenvalue weighted by molar-refractivity contribution is 7.93. The van der Waals surface area contributed by atoms with Crippen LogP contribution in [0, 0.1) is 0 Å².